The normalized spacial score (nSPS) is 11.1. The second-order valence-electron chi connectivity index (χ2n) is 6.69. The number of hydrogen-bond donors (Lipinski definition) is 1. The molecule has 0 aromatic heterocycles. The van der Waals surface area contributed by atoms with Gasteiger partial charge in [-0.3, -0.25) is 0 Å². The van der Waals surface area contributed by atoms with Crippen LogP contribution in [0.25, 0.3) is 0 Å². The Labute approximate surface area is 182 Å². The summed E-state index contributed by atoms with van der Waals surface area (Å²) in [5.41, 5.74) is 1.69. The highest BCUT2D eigenvalue weighted by molar-refractivity contribution is 6.32. The molecule has 0 aliphatic heterocycles. The van der Waals surface area contributed by atoms with Crippen molar-refractivity contribution in [2.45, 2.75) is 33.4 Å². The molecule has 0 radical (unpaired) electrons. The summed E-state index contributed by atoms with van der Waals surface area (Å²) < 4.78 is 24.5. The second kappa shape index (κ2) is 12.2. The number of rotatable bonds is 12. The number of ether oxygens (including phenoxy) is 2. The maximum Gasteiger partial charge on any atom is 0.180 e. The minimum absolute atomic E-state index is 0.165. The minimum Gasteiger partial charge on any atom is -0.493 e. The Kier molecular flexibility index (Phi) is 10.0. The van der Waals surface area contributed by atoms with Gasteiger partial charge in [-0.15, -0.1) is 0 Å². The highest BCUT2D eigenvalue weighted by Crippen LogP contribution is 2.37. The highest BCUT2D eigenvalue weighted by atomic mass is 35.5. The molecule has 29 heavy (non-hydrogen) atoms. The van der Waals surface area contributed by atoms with E-state index < -0.39 is 0 Å². The Balaban J connectivity index is 1.94. The Morgan fingerprint density at radius 1 is 1.07 bits per heavy atom. The minimum atomic E-state index is -0.386. The van der Waals surface area contributed by atoms with E-state index in [-0.39, 0.29) is 12.4 Å². The molecule has 160 valence electrons. The summed E-state index contributed by atoms with van der Waals surface area (Å²) in [7, 11) is 1.57. The molecule has 0 spiro atoms. The van der Waals surface area contributed by atoms with Gasteiger partial charge >= 0.3 is 0 Å². The summed E-state index contributed by atoms with van der Waals surface area (Å²) in [5, 5.41) is 4.21. The van der Waals surface area contributed by atoms with Crippen molar-refractivity contribution < 1.29 is 13.9 Å². The fraction of sp³-hybridized carbons (Fsp3) is 0.455. The third-order valence-electron chi connectivity index (χ3n) is 4.73. The van der Waals surface area contributed by atoms with E-state index >= 15 is 0 Å². The molecule has 0 saturated carbocycles. The van der Waals surface area contributed by atoms with Crippen LogP contribution in [0.1, 0.15) is 31.4 Å². The zero-order valence-electron chi connectivity index (χ0n) is 17.2. The molecule has 0 amide bonds. The SMILES string of the molecule is CCN(CC)CCCNCc1cc(Cl)c(OCc2ccc(F)cc2Cl)c(OC)c1. The van der Waals surface area contributed by atoms with E-state index in [1.165, 1.54) is 12.1 Å². The van der Waals surface area contributed by atoms with Crippen LogP contribution < -0.4 is 14.8 Å². The molecule has 2 aromatic carbocycles. The van der Waals surface area contributed by atoms with Crippen LogP contribution in [0, 0.1) is 5.82 Å². The average molecular weight is 443 g/mol. The Hall–Kier alpha value is -1.53. The first-order valence-electron chi connectivity index (χ1n) is 9.84. The molecule has 0 atom stereocenters. The lowest BCUT2D eigenvalue weighted by molar-refractivity contribution is 0.284. The molecule has 7 heteroatoms. The summed E-state index contributed by atoms with van der Waals surface area (Å²) in [4.78, 5) is 2.40. The van der Waals surface area contributed by atoms with Crippen LogP contribution in [0.5, 0.6) is 11.5 Å². The van der Waals surface area contributed by atoms with Crippen molar-refractivity contribution in [3.63, 3.8) is 0 Å². The zero-order chi connectivity index (χ0) is 21.2. The van der Waals surface area contributed by atoms with Gasteiger partial charge in [0.25, 0.3) is 0 Å². The maximum atomic E-state index is 13.2. The average Bonchev–Trinajstić information content (AvgIpc) is 2.70. The summed E-state index contributed by atoms with van der Waals surface area (Å²) >= 11 is 12.5. The number of benzene rings is 2. The van der Waals surface area contributed by atoms with Gasteiger partial charge in [0.2, 0.25) is 0 Å². The fourth-order valence-corrected chi connectivity index (χ4v) is 3.51. The Bertz CT molecular complexity index is 786. The van der Waals surface area contributed by atoms with Crippen LogP contribution in [0.4, 0.5) is 4.39 Å². The van der Waals surface area contributed by atoms with Gasteiger partial charge in [0.05, 0.1) is 17.2 Å². The van der Waals surface area contributed by atoms with Gasteiger partial charge < -0.3 is 19.7 Å². The second-order valence-corrected chi connectivity index (χ2v) is 7.51. The largest absolute Gasteiger partial charge is 0.493 e. The first-order valence-corrected chi connectivity index (χ1v) is 10.6. The molecule has 0 heterocycles. The van der Waals surface area contributed by atoms with Gasteiger partial charge in [-0.25, -0.2) is 4.39 Å². The van der Waals surface area contributed by atoms with E-state index in [1.807, 2.05) is 12.1 Å². The van der Waals surface area contributed by atoms with Crippen LogP contribution >= 0.6 is 23.2 Å². The molecule has 2 rings (SSSR count). The van der Waals surface area contributed by atoms with E-state index in [1.54, 1.807) is 13.2 Å². The standard InChI is InChI=1S/C22H29Cl2FN2O2/c1-4-27(5-2)10-6-9-26-14-16-11-20(24)22(21(12-16)28-3)29-15-17-7-8-18(25)13-19(17)23/h7-8,11-13,26H,4-6,9-10,14-15H2,1-3H3. The van der Waals surface area contributed by atoms with E-state index in [4.69, 9.17) is 32.7 Å². The van der Waals surface area contributed by atoms with E-state index in [0.29, 0.717) is 33.7 Å². The van der Waals surface area contributed by atoms with Gasteiger partial charge in [-0.05, 0) is 62.4 Å². The Morgan fingerprint density at radius 2 is 1.83 bits per heavy atom. The van der Waals surface area contributed by atoms with Crippen LogP contribution in [0.15, 0.2) is 30.3 Å². The summed E-state index contributed by atoms with van der Waals surface area (Å²) in [5.74, 6) is 0.610. The van der Waals surface area contributed by atoms with Crippen molar-refractivity contribution in [1.82, 2.24) is 10.2 Å². The zero-order valence-corrected chi connectivity index (χ0v) is 18.7. The summed E-state index contributed by atoms with van der Waals surface area (Å²) in [6.07, 6.45) is 1.09. The van der Waals surface area contributed by atoms with Gasteiger partial charge in [0.1, 0.15) is 12.4 Å². The molecule has 0 fully saturated rings. The third-order valence-corrected chi connectivity index (χ3v) is 5.36. The molecule has 0 aliphatic carbocycles. The first kappa shape index (κ1) is 23.7. The molecular weight excluding hydrogens is 414 g/mol. The van der Waals surface area contributed by atoms with Crippen molar-refractivity contribution >= 4 is 23.2 Å². The van der Waals surface area contributed by atoms with E-state index in [0.717, 1.165) is 38.2 Å². The van der Waals surface area contributed by atoms with Crippen molar-refractivity contribution in [1.29, 1.82) is 0 Å². The number of halogens is 3. The van der Waals surface area contributed by atoms with Crippen LogP contribution in [0.2, 0.25) is 10.0 Å². The van der Waals surface area contributed by atoms with Crippen LogP contribution in [-0.2, 0) is 13.2 Å². The molecule has 0 bridgehead atoms. The molecule has 0 saturated heterocycles. The van der Waals surface area contributed by atoms with Crippen LogP contribution in [0.3, 0.4) is 0 Å². The van der Waals surface area contributed by atoms with Crippen LogP contribution in [-0.4, -0.2) is 38.2 Å². The fourth-order valence-electron chi connectivity index (χ4n) is 3.00. The number of nitrogens with zero attached hydrogens (tertiary/aromatic N) is 1. The monoisotopic (exact) mass is 442 g/mol. The highest BCUT2D eigenvalue weighted by Gasteiger charge is 2.13. The smallest absolute Gasteiger partial charge is 0.180 e. The van der Waals surface area contributed by atoms with E-state index in [9.17, 15) is 4.39 Å². The molecule has 2 aromatic rings. The van der Waals surface area contributed by atoms with Gasteiger partial charge in [0.15, 0.2) is 11.5 Å². The lowest BCUT2D eigenvalue weighted by Crippen LogP contribution is -2.27. The van der Waals surface area contributed by atoms with Crippen molar-refractivity contribution in [3.8, 4) is 11.5 Å². The van der Waals surface area contributed by atoms with Gasteiger partial charge in [-0.1, -0.05) is 43.1 Å². The number of methoxy groups -OCH3 is 1. The third kappa shape index (κ3) is 7.34. The molecule has 1 N–H and O–H groups in total. The van der Waals surface area contributed by atoms with Gasteiger partial charge in [0, 0.05) is 12.1 Å². The maximum absolute atomic E-state index is 13.2. The lowest BCUT2D eigenvalue weighted by atomic mass is 10.2. The molecule has 0 aliphatic rings. The molecule has 0 unspecified atom stereocenters. The number of hydrogen-bond acceptors (Lipinski definition) is 4. The van der Waals surface area contributed by atoms with Crippen molar-refractivity contribution in [2.75, 3.05) is 33.3 Å². The lowest BCUT2D eigenvalue weighted by Gasteiger charge is -2.18. The topological polar surface area (TPSA) is 33.7 Å². The first-order chi connectivity index (χ1) is 14.0. The molecular formula is C22H29Cl2FN2O2. The summed E-state index contributed by atoms with van der Waals surface area (Å²) in [6, 6.07) is 7.97. The van der Waals surface area contributed by atoms with Crippen molar-refractivity contribution in [2.24, 2.45) is 0 Å². The Morgan fingerprint density at radius 3 is 2.48 bits per heavy atom. The predicted molar refractivity (Wildman–Crippen MR) is 118 cm³/mol. The quantitative estimate of drug-likeness (QED) is 0.437. The predicted octanol–water partition coefficient (Wildman–Crippen LogP) is 5.54. The van der Waals surface area contributed by atoms with Gasteiger partial charge in [-0.2, -0.15) is 0 Å². The number of nitrogens with one attached hydrogen (secondary N) is 1. The van der Waals surface area contributed by atoms with Crippen molar-refractivity contribution in [3.05, 3.63) is 57.3 Å². The molecule has 4 nitrogen and oxygen atoms in total. The van der Waals surface area contributed by atoms with E-state index in [2.05, 4.69) is 24.1 Å². The summed E-state index contributed by atoms with van der Waals surface area (Å²) in [6.45, 7) is 9.39.